The molecule has 2 atom stereocenters. The number of rotatable bonds is 8. The minimum absolute atomic E-state index is 0.340. The van der Waals surface area contributed by atoms with Crippen LogP contribution in [0.25, 0.3) is 11.3 Å². The number of benzene rings is 2. The summed E-state index contributed by atoms with van der Waals surface area (Å²) in [7, 11) is 2.65. The monoisotopic (exact) mass is 519 g/mol. The Morgan fingerprint density at radius 3 is 2.49 bits per heavy atom. The molecule has 3 aromatic rings. The minimum atomic E-state index is -0.746. The van der Waals surface area contributed by atoms with Crippen molar-refractivity contribution in [3.63, 3.8) is 0 Å². The van der Waals surface area contributed by atoms with E-state index in [1.807, 2.05) is 60.8 Å². The van der Waals surface area contributed by atoms with Crippen molar-refractivity contribution >= 4 is 39.8 Å². The predicted octanol–water partition coefficient (Wildman–Crippen LogP) is 5.75. The fourth-order valence-electron chi connectivity index (χ4n) is 4.49. The first-order valence-corrected chi connectivity index (χ1v) is 12.7. The summed E-state index contributed by atoms with van der Waals surface area (Å²) in [5.41, 5.74) is 4.82. The molecule has 0 spiro atoms. The SMILES string of the molecule is CCOc1ccc(-c2csc(Nc3cccc(C4C(C(=O)OC)=C(C)N=C(C)C4C(=O)OC)c3)n2)cc1. The van der Waals surface area contributed by atoms with Gasteiger partial charge in [0.1, 0.15) is 11.7 Å². The van der Waals surface area contributed by atoms with Crippen molar-refractivity contribution in [2.24, 2.45) is 10.9 Å². The van der Waals surface area contributed by atoms with Crippen molar-refractivity contribution < 1.29 is 23.8 Å². The largest absolute Gasteiger partial charge is 0.494 e. The Hall–Kier alpha value is -3.98. The van der Waals surface area contributed by atoms with E-state index in [2.05, 4.69) is 10.3 Å². The molecular weight excluding hydrogens is 490 g/mol. The number of esters is 2. The van der Waals surface area contributed by atoms with Gasteiger partial charge in [-0.15, -0.1) is 11.3 Å². The number of carbonyl (C=O) groups excluding carboxylic acids is 2. The van der Waals surface area contributed by atoms with Crippen LogP contribution in [0, 0.1) is 5.92 Å². The second kappa shape index (κ2) is 11.4. The third kappa shape index (κ3) is 5.56. The smallest absolute Gasteiger partial charge is 0.336 e. The number of ether oxygens (including phenoxy) is 3. The third-order valence-electron chi connectivity index (χ3n) is 6.15. The molecule has 0 radical (unpaired) electrons. The Bertz CT molecular complexity index is 1360. The summed E-state index contributed by atoms with van der Waals surface area (Å²) in [4.78, 5) is 34.7. The molecule has 2 aromatic carbocycles. The van der Waals surface area contributed by atoms with E-state index in [1.54, 1.807) is 13.8 Å². The molecule has 0 saturated heterocycles. The summed E-state index contributed by atoms with van der Waals surface area (Å²) in [5, 5.41) is 6.05. The molecule has 0 saturated carbocycles. The summed E-state index contributed by atoms with van der Waals surface area (Å²) in [6, 6.07) is 15.4. The van der Waals surface area contributed by atoms with Crippen LogP contribution in [0.5, 0.6) is 5.75 Å². The second-order valence-corrected chi connectivity index (χ2v) is 9.33. The Balaban J connectivity index is 1.64. The van der Waals surface area contributed by atoms with Gasteiger partial charge in [-0.2, -0.15) is 0 Å². The number of carbonyl (C=O) groups is 2. The van der Waals surface area contributed by atoms with Crippen molar-refractivity contribution in [2.75, 3.05) is 26.1 Å². The quantitative estimate of drug-likeness (QED) is 0.379. The molecule has 37 heavy (non-hydrogen) atoms. The first-order chi connectivity index (χ1) is 17.9. The van der Waals surface area contributed by atoms with Gasteiger partial charge in [-0.25, -0.2) is 9.78 Å². The first-order valence-electron chi connectivity index (χ1n) is 11.8. The standard InChI is InChI=1S/C28H29N3O5S/c1-6-36-21-12-10-18(11-13-21)22-15-37-28(31-22)30-20-9-7-8-19(14-20)25-23(26(32)34-4)16(2)29-17(3)24(25)27(33)35-5/h7-15,23,25H,6H2,1-5H3,(H,30,31). The molecule has 1 aliphatic rings. The zero-order valence-electron chi connectivity index (χ0n) is 21.4. The van der Waals surface area contributed by atoms with Crippen LogP contribution in [-0.4, -0.2) is 43.5 Å². The van der Waals surface area contributed by atoms with Crippen LogP contribution in [0.2, 0.25) is 0 Å². The van der Waals surface area contributed by atoms with E-state index < -0.39 is 23.8 Å². The molecule has 2 unspecified atom stereocenters. The van der Waals surface area contributed by atoms with E-state index in [1.165, 1.54) is 25.6 Å². The third-order valence-corrected chi connectivity index (χ3v) is 6.91. The lowest BCUT2D eigenvalue weighted by Gasteiger charge is -2.31. The van der Waals surface area contributed by atoms with E-state index in [0.717, 1.165) is 28.3 Å². The molecule has 0 aliphatic carbocycles. The van der Waals surface area contributed by atoms with Crippen molar-refractivity contribution in [2.45, 2.75) is 26.7 Å². The number of anilines is 2. The topological polar surface area (TPSA) is 99.1 Å². The molecule has 1 N–H and O–H groups in total. The van der Waals surface area contributed by atoms with Gasteiger partial charge < -0.3 is 19.5 Å². The van der Waals surface area contributed by atoms with Crippen molar-refractivity contribution in [3.8, 4) is 17.0 Å². The number of nitrogens with one attached hydrogen (secondary N) is 1. The van der Waals surface area contributed by atoms with Crippen LogP contribution in [0.3, 0.4) is 0 Å². The fourth-order valence-corrected chi connectivity index (χ4v) is 5.23. The zero-order valence-corrected chi connectivity index (χ0v) is 22.2. The van der Waals surface area contributed by atoms with E-state index in [0.29, 0.717) is 28.7 Å². The molecule has 4 rings (SSSR count). The van der Waals surface area contributed by atoms with Gasteiger partial charge in [0, 0.05) is 34.0 Å². The average molecular weight is 520 g/mol. The lowest BCUT2D eigenvalue weighted by molar-refractivity contribution is -0.143. The van der Waals surface area contributed by atoms with Crippen LogP contribution < -0.4 is 10.1 Å². The highest BCUT2D eigenvalue weighted by molar-refractivity contribution is 7.14. The molecule has 0 amide bonds. The molecule has 2 heterocycles. The maximum atomic E-state index is 12.8. The highest BCUT2D eigenvalue weighted by Crippen LogP contribution is 2.41. The number of nitrogens with zero attached hydrogens (tertiary/aromatic N) is 2. The summed E-state index contributed by atoms with van der Waals surface area (Å²) < 4.78 is 15.6. The van der Waals surface area contributed by atoms with Gasteiger partial charge in [-0.1, -0.05) is 12.1 Å². The van der Waals surface area contributed by atoms with Gasteiger partial charge in [0.25, 0.3) is 0 Å². The molecular formula is C28H29N3O5S. The number of thiazole rings is 1. The van der Waals surface area contributed by atoms with Crippen LogP contribution in [0.1, 0.15) is 32.3 Å². The van der Waals surface area contributed by atoms with Crippen LogP contribution in [0.4, 0.5) is 10.8 Å². The maximum absolute atomic E-state index is 12.8. The molecule has 1 aromatic heterocycles. The van der Waals surface area contributed by atoms with Gasteiger partial charge in [0.05, 0.1) is 32.1 Å². The van der Waals surface area contributed by atoms with Gasteiger partial charge in [-0.05, 0) is 62.7 Å². The Kier molecular flexibility index (Phi) is 8.03. The van der Waals surface area contributed by atoms with Crippen LogP contribution >= 0.6 is 11.3 Å². The Labute approximate surface area is 220 Å². The van der Waals surface area contributed by atoms with Gasteiger partial charge in [0.15, 0.2) is 5.13 Å². The molecule has 0 fully saturated rings. The molecule has 8 nitrogen and oxygen atoms in total. The highest BCUT2D eigenvalue weighted by atomic mass is 32.1. The lowest BCUT2D eigenvalue weighted by atomic mass is 9.75. The van der Waals surface area contributed by atoms with E-state index in [4.69, 9.17) is 19.2 Å². The molecule has 9 heteroatoms. The van der Waals surface area contributed by atoms with Crippen LogP contribution in [-0.2, 0) is 19.1 Å². The van der Waals surface area contributed by atoms with Crippen molar-refractivity contribution in [1.82, 2.24) is 4.98 Å². The number of hydrogen-bond acceptors (Lipinski definition) is 9. The summed E-state index contributed by atoms with van der Waals surface area (Å²) in [5.74, 6) is -1.51. The predicted molar refractivity (Wildman–Crippen MR) is 145 cm³/mol. The number of hydrogen-bond donors (Lipinski definition) is 1. The van der Waals surface area contributed by atoms with Gasteiger partial charge in [0.2, 0.25) is 0 Å². The number of aromatic nitrogens is 1. The Morgan fingerprint density at radius 2 is 1.81 bits per heavy atom. The number of methoxy groups -OCH3 is 2. The molecule has 1 aliphatic heterocycles. The summed E-state index contributed by atoms with van der Waals surface area (Å²) >= 11 is 1.48. The summed E-state index contributed by atoms with van der Waals surface area (Å²) in [6.07, 6.45) is 0. The average Bonchev–Trinajstić information content (AvgIpc) is 3.36. The van der Waals surface area contributed by atoms with Crippen molar-refractivity contribution in [3.05, 3.63) is 70.7 Å². The maximum Gasteiger partial charge on any atom is 0.336 e. The highest BCUT2D eigenvalue weighted by Gasteiger charge is 2.42. The van der Waals surface area contributed by atoms with E-state index in [9.17, 15) is 9.59 Å². The van der Waals surface area contributed by atoms with E-state index in [-0.39, 0.29) is 0 Å². The zero-order chi connectivity index (χ0) is 26.5. The van der Waals surface area contributed by atoms with Gasteiger partial charge in [-0.3, -0.25) is 9.79 Å². The second-order valence-electron chi connectivity index (χ2n) is 8.47. The fraction of sp³-hybridized carbons (Fsp3) is 0.286. The summed E-state index contributed by atoms with van der Waals surface area (Å²) in [6.45, 7) is 6.09. The normalized spacial score (nSPS) is 17.2. The van der Waals surface area contributed by atoms with Gasteiger partial charge >= 0.3 is 11.9 Å². The lowest BCUT2D eigenvalue weighted by Crippen LogP contribution is -2.36. The molecule has 192 valence electrons. The Morgan fingerprint density at radius 1 is 1.05 bits per heavy atom. The number of allylic oxidation sites excluding steroid dienone is 1. The van der Waals surface area contributed by atoms with Crippen molar-refractivity contribution in [1.29, 1.82) is 0 Å². The minimum Gasteiger partial charge on any atom is -0.494 e. The van der Waals surface area contributed by atoms with E-state index >= 15 is 0 Å². The first kappa shape index (κ1) is 26.1. The van der Waals surface area contributed by atoms with Crippen LogP contribution in [0.15, 0.2) is 70.2 Å². The molecule has 0 bridgehead atoms. The number of aliphatic imine (C=N–C) groups is 1.